The lowest BCUT2D eigenvalue weighted by atomic mass is 10.1. The van der Waals surface area contributed by atoms with Gasteiger partial charge in [0.1, 0.15) is 5.75 Å². The molecule has 1 unspecified atom stereocenters. The third-order valence-electron chi connectivity index (χ3n) is 3.91. The van der Waals surface area contributed by atoms with Crippen LogP contribution >= 0.6 is 0 Å². The number of nitro benzene ring substituents is 1. The van der Waals surface area contributed by atoms with Gasteiger partial charge in [-0.3, -0.25) is 24.6 Å². The topological polar surface area (TPSA) is 125 Å². The number of Topliss-reactive ketones (excluding diaryl/α,β-unsaturated/α-hetero) is 1. The van der Waals surface area contributed by atoms with Crippen molar-refractivity contribution in [2.75, 3.05) is 26.3 Å². The molecule has 9 nitrogen and oxygen atoms in total. The number of amides is 1. The number of hydrogen-bond acceptors (Lipinski definition) is 7. The number of ether oxygens (including phenoxy) is 2. The molecule has 0 spiro atoms. The second-order valence-corrected chi connectivity index (χ2v) is 5.72. The minimum Gasteiger partial charge on any atom is -0.475 e. The van der Waals surface area contributed by atoms with Gasteiger partial charge in [-0.25, -0.2) is 0 Å². The van der Waals surface area contributed by atoms with Crippen molar-refractivity contribution in [2.24, 2.45) is 5.73 Å². The van der Waals surface area contributed by atoms with Crippen LogP contribution in [0.2, 0.25) is 0 Å². The smallest absolute Gasteiger partial charge is 0.280 e. The number of ketones is 1. The standard InChI is InChI=1S/C16H21N3O6/c1-11(20)13-10-12(2-3-14(13)19(22)23)25-16(5-4-15(17)21)18-6-8-24-9-7-18/h2-3,10,16H,4-9H2,1H3,(H2,17,21). The van der Waals surface area contributed by atoms with Gasteiger partial charge in [-0.05, 0) is 19.1 Å². The molecule has 0 radical (unpaired) electrons. The number of nitro groups is 1. The molecule has 1 aromatic carbocycles. The summed E-state index contributed by atoms with van der Waals surface area (Å²) in [5, 5.41) is 11.0. The lowest BCUT2D eigenvalue weighted by molar-refractivity contribution is -0.385. The molecule has 0 bridgehead atoms. The lowest BCUT2D eigenvalue weighted by Gasteiger charge is -2.34. The average Bonchev–Trinajstić information content (AvgIpc) is 2.58. The summed E-state index contributed by atoms with van der Waals surface area (Å²) in [6, 6.07) is 4.05. The van der Waals surface area contributed by atoms with Crippen molar-refractivity contribution in [2.45, 2.75) is 26.0 Å². The van der Waals surface area contributed by atoms with E-state index in [1.54, 1.807) is 0 Å². The third-order valence-corrected chi connectivity index (χ3v) is 3.91. The highest BCUT2D eigenvalue weighted by Crippen LogP contribution is 2.26. The van der Waals surface area contributed by atoms with E-state index >= 15 is 0 Å². The Bertz CT molecular complexity index is 657. The van der Waals surface area contributed by atoms with E-state index in [0.717, 1.165) is 0 Å². The number of nitrogens with zero attached hydrogens (tertiary/aromatic N) is 2. The first-order chi connectivity index (χ1) is 11.9. The van der Waals surface area contributed by atoms with E-state index in [4.69, 9.17) is 15.2 Å². The monoisotopic (exact) mass is 351 g/mol. The minimum absolute atomic E-state index is 0.0156. The Kier molecular flexibility index (Phi) is 6.43. The first-order valence-electron chi connectivity index (χ1n) is 7.94. The molecule has 2 rings (SSSR count). The molecule has 0 aliphatic carbocycles. The largest absolute Gasteiger partial charge is 0.475 e. The number of carbonyl (C=O) groups excluding carboxylic acids is 2. The van der Waals surface area contributed by atoms with Crippen molar-refractivity contribution in [3.8, 4) is 5.75 Å². The number of rotatable bonds is 8. The zero-order chi connectivity index (χ0) is 18.4. The van der Waals surface area contributed by atoms with E-state index in [0.29, 0.717) is 38.5 Å². The molecule has 1 atom stereocenters. The molecule has 1 aliphatic heterocycles. The summed E-state index contributed by atoms with van der Waals surface area (Å²) in [4.78, 5) is 35.2. The van der Waals surface area contributed by atoms with Crippen LogP contribution < -0.4 is 10.5 Å². The van der Waals surface area contributed by atoms with Gasteiger partial charge in [0.05, 0.1) is 23.7 Å². The highest BCUT2D eigenvalue weighted by Gasteiger charge is 2.25. The van der Waals surface area contributed by atoms with Crippen LogP contribution in [0.15, 0.2) is 18.2 Å². The van der Waals surface area contributed by atoms with Gasteiger partial charge in [-0.2, -0.15) is 0 Å². The van der Waals surface area contributed by atoms with Crippen LogP contribution in [0.4, 0.5) is 5.69 Å². The van der Waals surface area contributed by atoms with Crippen LogP contribution in [0.25, 0.3) is 0 Å². The minimum atomic E-state index is -0.604. The van der Waals surface area contributed by atoms with Crippen LogP contribution in [0.5, 0.6) is 5.75 Å². The maximum absolute atomic E-state index is 11.7. The van der Waals surface area contributed by atoms with Crippen molar-refractivity contribution < 1.29 is 24.0 Å². The van der Waals surface area contributed by atoms with Gasteiger partial charge in [-0.1, -0.05) is 0 Å². The van der Waals surface area contributed by atoms with Crippen LogP contribution in [0.1, 0.15) is 30.1 Å². The van der Waals surface area contributed by atoms with E-state index in [1.165, 1.54) is 25.1 Å². The van der Waals surface area contributed by atoms with Gasteiger partial charge in [0.2, 0.25) is 5.91 Å². The molecule has 1 amide bonds. The Hall–Kier alpha value is -2.52. The zero-order valence-corrected chi connectivity index (χ0v) is 14.0. The number of benzene rings is 1. The van der Waals surface area contributed by atoms with E-state index in [1.807, 2.05) is 4.90 Å². The molecule has 0 aromatic heterocycles. The number of hydrogen-bond donors (Lipinski definition) is 1. The zero-order valence-electron chi connectivity index (χ0n) is 14.0. The van der Waals surface area contributed by atoms with Gasteiger partial charge in [0, 0.05) is 32.0 Å². The lowest BCUT2D eigenvalue weighted by Crippen LogP contribution is -2.46. The van der Waals surface area contributed by atoms with Crippen LogP contribution in [0.3, 0.4) is 0 Å². The summed E-state index contributed by atoms with van der Waals surface area (Å²) < 4.78 is 11.2. The van der Waals surface area contributed by atoms with Crippen molar-refractivity contribution in [1.82, 2.24) is 4.90 Å². The first kappa shape index (κ1) is 18.8. The van der Waals surface area contributed by atoms with Gasteiger partial charge in [0.15, 0.2) is 12.0 Å². The second-order valence-electron chi connectivity index (χ2n) is 5.72. The molecule has 1 fully saturated rings. The van der Waals surface area contributed by atoms with Gasteiger partial charge >= 0.3 is 0 Å². The predicted octanol–water partition coefficient (Wildman–Crippen LogP) is 1.10. The first-order valence-corrected chi connectivity index (χ1v) is 7.94. The molecule has 9 heteroatoms. The second kappa shape index (κ2) is 8.54. The number of morpholine rings is 1. The van der Waals surface area contributed by atoms with E-state index in [2.05, 4.69) is 0 Å². The van der Waals surface area contributed by atoms with Crippen molar-refractivity contribution in [3.05, 3.63) is 33.9 Å². The third kappa shape index (κ3) is 5.23. The Morgan fingerprint density at radius 2 is 2.08 bits per heavy atom. The number of carbonyl (C=O) groups is 2. The average molecular weight is 351 g/mol. The molecular weight excluding hydrogens is 330 g/mol. The quantitative estimate of drug-likeness (QED) is 0.422. The van der Waals surface area contributed by atoms with E-state index < -0.39 is 22.8 Å². The van der Waals surface area contributed by atoms with E-state index in [-0.39, 0.29) is 17.7 Å². The molecule has 0 saturated carbocycles. The molecular formula is C16H21N3O6. The van der Waals surface area contributed by atoms with Gasteiger partial charge in [-0.15, -0.1) is 0 Å². The highest BCUT2D eigenvalue weighted by atomic mass is 16.6. The normalized spacial score (nSPS) is 16.2. The number of primary amides is 1. The molecule has 1 saturated heterocycles. The van der Waals surface area contributed by atoms with E-state index in [9.17, 15) is 19.7 Å². The Labute approximate surface area is 144 Å². The summed E-state index contributed by atoms with van der Waals surface area (Å²) >= 11 is 0. The van der Waals surface area contributed by atoms with Crippen molar-refractivity contribution in [3.63, 3.8) is 0 Å². The summed E-state index contributed by atoms with van der Waals surface area (Å²) in [7, 11) is 0. The molecule has 1 aromatic rings. The highest BCUT2D eigenvalue weighted by molar-refractivity contribution is 5.98. The summed E-state index contributed by atoms with van der Waals surface area (Å²) in [6.07, 6.45) is 0.0914. The Morgan fingerprint density at radius 3 is 2.64 bits per heavy atom. The maximum atomic E-state index is 11.7. The van der Waals surface area contributed by atoms with Crippen molar-refractivity contribution in [1.29, 1.82) is 0 Å². The van der Waals surface area contributed by atoms with Crippen LogP contribution in [0, 0.1) is 10.1 Å². The fraction of sp³-hybridized carbons (Fsp3) is 0.500. The van der Waals surface area contributed by atoms with Crippen molar-refractivity contribution >= 4 is 17.4 Å². The Balaban J connectivity index is 2.21. The molecule has 1 aliphatic rings. The van der Waals surface area contributed by atoms with Crippen LogP contribution in [-0.4, -0.2) is 54.0 Å². The fourth-order valence-corrected chi connectivity index (χ4v) is 2.63. The van der Waals surface area contributed by atoms with Gasteiger partial charge < -0.3 is 15.2 Å². The molecule has 1 heterocycles. The van der Waals surface area contributed by atoms with Gasteiger partial charge in [0.25, 0.3) is 5.69 Å². The predicted molar refractivity (Wildman–Crippen MR) is 88.3 cm³/mol. The SMILES string of the molecule is CC(=O)c1cc(OC(CCC(N)=O)N2CCOCC2)ccc1[N+](=O)[O-]. The summed E-state index contributed by atoms with van der Waals surface area (Å²) in [5.41, 5.74) is 4.94. The molecule has 2 N–H and O–H groups in total. The summed E-state index contributed by atoms with van der Waals surface area (Å²) in [6.45, 7) is 3.63. The molecule has 136 valence electrons. The maximum Gasteiger partial charge on any atom is 0.280 e. The molecule has 25 heavy (non-hydrogen) atoms. The summed E-state index contributed by atoms with van der Waals surface area (Å²) in [5.74, 6) is -0.524. The van der Waals surface area contributed by atoms with Crippen LogP contribution in [-0.2, 0) is 9.53 Å². The Morgan fingerprint density at radius 1 is 1.40 bits per heavy atom. The fourth-order valence-electron chi connectivity index (χ4n) is 2.63. The number of nitrogens with two attached hydrogens (primary N) is 1.